The minimum Gasteiger partial charge on any atom is -0.497 e. The van der Waals surface area contributed by atoms with Gasteiger partial charge in [0.2, 0.25) is 0 Å². The van der Waals surface area contributed by atoms with Gasteiger partial charge in [-0.05, 0) is 48.9 Å². The Morgan fingerprint density at radius 3 is 2.46 bits per heavy atom. The Morgan fingerprint density at radius 1 is 1.00 bits per heavy atom. The van der Waals surface area contributed by atoms with E-state index in [2.05, 4.69) is 20.8 Å². The molecule has 2 N–H and O–H groups in total. The van der Waals surface area contributed by atoms with Crippen molar-refractivity contribution in [3.05, 3.63) is 64.8 Å². The van der Waals surface area contributed by atoms with E-state index >= 15 is 0 Å². The van der Waals surface area contributed by atoms with Gasteiger partial charge in [0.05, 0.1) is 19.9 Å². The molecule has 3 rings (SSSR count). The maximum Gasteiger partial charge on any atom is 0.276 e. The molecule has 0 aliphatic rings. The van der Waals surface area contributed by atoms with Crippen molar-refractivity contribution in [1.29, 1.82) is 0 Å². The maximum atomic E-state index is 12.5. The van der Waals surface area contributed by atoms with Crippen LogP contribution in [0.4, 0.5) is 17.2 Å². The number of rotatable bonds is 6. The van der Waals surface area contributed by atoms with E-state index in [0.717, 1.165) is 11.3 Å². The third-order valence-corrected chi connectivity index (χ3v) is 4.41. The predicted octanol–water partition coefficient (Wildman–Crippen LogP) is 4.45. The molecule has 144 valence electrons. The normalized spacial score (nSPS) is 10.3. The highest BCUT2D eigenvalue weighted by atomic mass is 35.5. The molecule has 0 fully saturated rings. The van der Waals surface area contributed by atoms with Gasteiger partial charge in [0.25, 0.3) is 5.91 Å². The van der Waals surface area contributed by atoms with E-state index in [0.29, 0.717) is 28.0 Å². The number of anilines is 3. The maximum absolute atomic E-state index is 12.5. The molecule has 0 aliphatic heterocycles. The van der Waals surface area contributed by atoms with Gasteiger partial charge in [-0.2, -0.15) is 0 Å². The number of benzene rings is 2. The van der Waals surface area contributed by atoms with E-state index in [9.17, 15) is 4.79 Å². The summed E-state index contributed by atoms with van der Waals surface area (Å²) in [6, 6.07) is 13.9. The summed E-state index contributed by atoms with van der Waals surface area (Å²) in [7, 11) is 3.07. The molecule has 0 aliphatic carbocycles. The largest absolute Gasteiger partial charge is 0.497 e. The smallest absolute Gasteiger partial charge is 0.276 e. The van der Waals surface area contributed by atoms with Gasteiger partial charge in [-0.25, -0.2) is 0 Å². The first kappa shape index (κ1) is 19.4. The average Bonchev–Trinajstić information content (AvgIpc) is 2.71. The zero-order valence-corrected chi connectivity index (χ0v) is 16.4. The predicted molar refractivity (Wildman–Crippen MR) is 109 cm³/mol. The minimum atomic E-state index is -0.402. The number of hydrogen-bond acceptors (Lipinski definition) is 6. The summed E-state index contributed by atoms with van der Waals surface area (Å²) in [6.07, 6.45) is 0. The zero-order valence-electron chi connectivity index (χ0n) is 15.6. The van der Waals surface area contributed by atoms with E-state index in [1.54, 1.807) is 43.5 Å². The Morgan fingerprint density at radius 2 is 1.82 bits per heavy atom. The van der Waals surface area contributed by atoms with Gasteiger partial charge in [-0.1, -0.05) is 17.7 Å². The number of hydrogen-bond donors (Lipinski definition) is 2. The first-order valence-electron chi connectivity index (χ1n) is 8.40. The van der Waals surface area contributed by atoms with Gasteiger partial charge >= 0.3 is 0 Å². The first-order valence-corrected chi connectivity index (χ1v) is 8.78. The Bertz CT molecular complexity index is 993. The van der Waals surface area contributed by atoms with Crippen molar-refractivity contribution in [1.82, 2.24) is 10.2 Å². The van der Waals surface area contributed by atoms with Gasteiger partial charge < -0.3 is 20.1 Å². The van der Waals surface area contributed by atoms with E-state index in [-0.39, 0.29) is 5.69 Å². The fourth-order valence-electron chi connectivity index (χ4n) is 2.43. The Balaban J connectivity index is 1.70. The van der Waals surface area contributed by atoms with Gasteiger partial charge in [0.1, 0.15) is 11.5 Å². The number of aryl methyl sites for hydroxylation is 1. The molecule has 0 saturated carbocycles. The van der Waals surface area contributed by atoms with Crippen LogP contribution < -0.4 is 20.1 Å². The monoisotopic (exact) mass is 398 g/mol. The quantitative estimate of drug-likeness (QED) is 0.638. The fourth-order valence-corrected chi connectivity index (χ4v) is 2.61. The summed E-state index contributed by atoms with van der Waals surface area (Å²) < 4.78 is 10.4. The highest BCUT2D eigenvalue weighted by molar-refractivity contribution is 6.31. The highest BCUT2D eigenvalue weighted by Crippen LogP contribution is 2.29. The van der Waals surface area contributed by atoms with Crippen molar-refractivity contribution in [2.24, 2.45) is 0 Å². The number of nitrogens with one attached hydrogen (secondary N) is 2. The lowest BCUT2D eigenvalue weighted by molar-refractivity contribution is 0.102. The van der Waals surface area contributed by atoms with Crippen LogP contribution in [0.3, 0.4) is 0 Å². The first-order chi connectivity index (χ1) is 13.5. The van der Waals surface area contributed by atoms with Crippen molar-refractivity contribution in [3.63, 3.8) is 0 Å². The molecule has 2 aromatic carbocycles. The van der Waals surface area contributed by atoms with Crippen LogP contribution in [0, 0.1) is 6.92 Å². The second-order valence-corrected chi connectivity index (χ2v) is 6.32. The van der Waals surface area contributed by atoms with Gasteiger partial charge in [0, 0.05) is 16.8 Å². The third-order valence-electron chi connectivity index (χ3n) is 4.00. The summed E-state index contributed by atoms with van der Waals surface area (Å²) in [5, 5.41) is 14.5. The van der Waals surface area contributed by atoms with Crippen molar-refractivity contribution in [3.8, 4) is 11.5 Å². The molecule has 1 heterocycles. The second-order valence-electron chi connectivity index (χ2n) is 5.91. The molecule has 0 bridgehead atoms. The molecule has 8 heteroatoms. The number of halogens is 1. The minimum absolute atomic E-state index is 0.172. The summed E-state index contributed by atoms with van der Waals surface area (Å²) in [5.41, 5.74) is 2.45. The molecule has 28 heavy (non-hydrogen) atoms. The van der Waals surface area contributed by atoms with Gasteiger partial charge in [-0.15, -0.1) is 10.2 Å². The Labute approximate surface area is 167 Å². The van der Waals surface area contributed by atoms with Crippen LogP contribution in [0.15, 0.2) is 48.5 Å². The fraction of sp³-hybridized carbons (Fsp3) is 0.150. The number of carbonyl (C=O) groups is 1. The zero-order chi connectivity index (χ0) is 20.1. The summed E-state index contributed by atoms with van der Waals surface area (Å²) in [5.74, 6) is 1.20. The van der Waals surface area contributed by atoms with E-state index in [1.165, 1.54) is 7.11 Å². The summed E-state index contributed by atoms with van der Waals surface area (Å²) in [6.45, 7) is 1.93. The molecule has 0 saturated heterocycles. The molecule has 0 spiro atoms. The Hall–Kier alpha value is -3.32. The van der Waals surface area contributed by atoms with Crippen LogP contribution >= 0.6 is 11.6 Å². The van der Waals surface area contributed by atoms with E-state index in [1.807, 2.05) is 19.1 Å². The van der Waals surface area contributed by atoms with E-state index < -0.39 is 5.91 Å². The molecule has 0 radical (unpaired) electrons. The Kier molecular flexibility index (Phi) is 5.96. The van der Waals surface area contributed by atoms with Crippen molar-refractivity contribution >= 4 is 34.7 Å². The molecule has 0 atom stereocenters. The lowest BCUT2D eigenvalue weighted by atomic mass is 10.2. The van der Waals surface area contributed by atoms with Crippen LogP contribution in [0.25, 0.3) is 0 Å². The van der Waals surface area contributed by atoms with Crippen LogP contribution in [0.1, 0.15) is 16.1 Å². The number of ether oxygens (including phenoxy) is 2. The number of amides is 1. The average molecular weight is 399 g/mol. The van der Waals surface area contributed by atoms with E-state index in [4.69, 9.17) is 21.1 Å². The topological polar surface area (TPSA) is 85.4 Å². The van der Waals surface area contributed by atoms with Crippen molar-refractivity contribution < 1.29 is 14.3 Å². The third kappa shape index (κ3) is 4.50. The SMILES string of the molecule is COc1ccc(NC(=O)c2ccc(Nc3ccc(C)c(Cl)c3)nn2)c(OC)c1. The van der Waals surface area contributed by atoms with Crippen LogP contribution in [-0.2, 0) is 0 Å². The standard InChI is InChI=1S/C20H19ClN4O3/c1-12-4-5-13(10-15(12)21)22-19-9-8-17(24-25-19)20(26)23-16-7-6-14(27-2)11-18(16)28-3/h4-11H,1-3H3,(H,22,25)(H,23,26). The van der Waals surface area contributed by atoms with Crippen LogP contribution in [0.5, 0.6) is 11.5 Å². The lowest BCUT2D eigenvalue weighted by Gasteiger charge is -2.11. The van der Waals surface area contributed by atoms with Crippen molar-refractivity contribution in [2.45, 2.75) is 6.92 Å². The lowest BCUT2D eigenvalue weighted by Crippen LogP contribution is -2.15. The van der Waals surface area contributed by atoms with Gasteiger partial charge in [-0.3, -0.25) is 4.79 Å². The number of nitrogens with zero attached hydrogens (tertiary/aromatic N) is 2. The molecule has 1 amide bonds. The van der Waals surface area contributed by atoms with Gasteiger partial charge in [0.15, 0.2) is 11.5 Å². The molecule has 1 aromatic heterocycles. The molecular formula is C20H19ClN4O3. The number of aromatic nitrogens is 2. The summed E-state index contributed by atoms with van der Waals surface area (Å²) >= 11 is 6.12. The van der Waals surface area contributed by atoms with Crippen LogP contribution in [0.2, 0.25) is 5.02 Å². The summed E-state index contributed by atoms with van der Waals surface area (Å²) in [4.78, 5) is 12.5. The number of carbonyl (C=O) groups excluding carboxylic acids is 1. The molecule has 7 nitrogen and oxygen atoms in total. The number of methoxy groups -OCH3 is 2. The molecule has 0 unspecified atom stereocenters. The molecular weight excluding hydrogens is 380 g/mol. The highest BCUT2D eigenvalue weighted by Gasteiger charge is 2.13. The van der Waals surface area contributed by atoms with Crippen LogP contribution in [-0.4, -0.2) is 30.3 Å². The second kappa shape index (κ2) is 8.58. The van der Waals surface area contributed by atoms with Crippen molar-refractivity contribution in [2.75, 3.05) is 24.9 Å². The molecule has 3 aromatic rings.